The molecule has 0 bridgehead atoms. The Kier molecular flexibility index (Phi) is 4.01. The molecule has 2 aromatic heterocycles. The second-order valence-electron chi connectivity index (χ2n) is 6.51. The maximum Gasteiger partial charge on any atom is 0.222 e. The lowest BCUT2D eigenvalue weighted by atomic mass is 9.88. The van der Waals surface area contributed by atoms with Gasteiger partial charge in [0.1, 0.15) is 5.76 Å². The van der Waals surface area contributed by atoms with Crippen LogP contribution in [0.4, 0.5) is 5.95 Å². The maximum absolute atomic E-state index is 6.23. The van der Waals surface area contributed by atoms with Crippen LogP contribution in [0.15, 0.2) is 41.3 Å². The van der Waals surface area contributed by atoms with Crippen LogP contribution in [-0.2, 0) is 11.3 Å². The molecule has 0 amide bonds. The molecule has 2 fully saturated rings. The zero-order valence-corrected chi connectivity index (χ0v) is 13.1. The molecule has 6 heteroatoms. The van der Waals surface area contributed by atoms with Gasteiger partial charge in [-0.3, -0.25) is 4.90 Å². The smallest absolute Gasteiger partial charge is 0.222 e. The van der Waals surface area contributed by atoms with E-state index in [1.807, 2.05) is 18.2 Å². The highest BCUT2D eigenvalue weighted by Crippen LogP contribution is 2.35. The first-order chi connectivity index (χ1) is 11.3. The molecule has 4 rings (SSSR count). The van der Waals surface area contributed by atoms with Crippen molar-refractivity contribution in [2.75, 3.05) is 25.0 Å². The van der Waals surface area contributed by atoms with Crippen LogP contribution in [0.3, 0.4) is 0 Å². The molecule has 2 aromatic rings. The van der Waals surface area contributed by atoms with Gasteiger partial charge in [-0.1, -0.05) is 0 Å². The van der Waals surface area contributed by atoms with Crippen LogP contribution in [0.5, 0.6) is 0 Å². The number of piperidine rings is 1. The third-order valence-corrected chi connectivity index (χ3v) is 4.69. The Hall–Kier alpha value is -1.92. The lowest BCUT2D eigenvalue weighted by Crippen LogP contribution is -2.47. The van der Waals surface area contributed by atoms with Crippen molar-refractivity contribution in [3.8, 4) is 0 Å². The number of nitrogens with one attached hydrogen (secondary N) is 1. The Bertz CT molecular complexity index is 619. The molecular formula is C17H22N4O2. The summed E-state index contributed by atoms with van der Waals surface area (Å²) in [6, 6.07) is 6.08. The molecule has 1 N–H and O–H groups in total. The van der Waals surface area contributed by atoms with Crippen LogP contribution in [0.25, 0.3) is 0 Å². The average Bonchev–Trinajstić information content (AvgIpc) is 3.19. The van der Waals surface area contributed by atoms with E-state index in [9.17, 15) is 0 Å². The highest BCUT2D eigenvalue weighted by atomic mass is 16.5. The van der Waals surface area contributed by atoms with Gasteiger partial charge in [-0.05, 0) is 37.6 Å². The first kappa shape index (κ1) is 14.7. The molecule has 0 aliphatic carbocycles. The van der Waals surface area contributed by atoms with Crippen LogP contribution in [0, 0.1) is 0 Å². The Morgan fingerprint density at radius 2 is 2.22 bits per heavy atom. The van der Waals surface area contributed by atoms with E-state index in [4.69, 9.17) is 9.15 Å². The first-order valence-electron chi connectivity index (χ1n) is 8.24. The summed E-state index contributed by atoms with van der Waals surface area (Å²) in [5.41, 5.74) is -0.0444. The van der Waals surface area contributed by atoms with Crippen molar-refractivity contribution in [3.05, 3.63) is 42.6 Å². The number of anilines is 1. The van der Waals surface area contributed by atoms with Crippen molar-refractivity contribution in [2.24, 2.45) is 0 Å². The molecule has 2 atom stereocenters. The van der Waals surface area contributed by atoms with E-state index in [1.165, 1.54) is 0 Å². The summed E-state index contributed by atoms with van der Waals surface area (Å²) in [4.78, 5) is 10.9. The van der Waals surface area contributed by atoms with Crippen molar-refractivity contribution in [1.29, 1.82) is 0 Å². The van der Waals surface area contributed by atoms with Crippen molar-refractivity contribution in [1.82, 2.24) is 14.9 Å². The zero-order chi connectivity index (χ0) is 15.5. The first-order valence-corrected chi connectivity index (χ1v) is 8.24. The van der Waals surface area contributed by atoms with Crippen molar-refractivity contribution in [2.45, 2.75) is 37.5 Å². The summed E-state index contributed by atoms with van der Waals surface area (Å²) in [5.74, 6) is 1.70. The molecule has 1 spiro atoms. The third kappa shape index (κ3) is 3.38. The van der Waals surface area contributed by atoms with Gasteiger partial charge < -0.3 is 14.5 Å². The van der Waals surface area contributed by atoms with Gasteiger partial charge in [0.15, 0.2) is 0 Å². The quantitative estimate of drug-likeness (QED) is 0.934. The monoisotopic (exact) mass is 314 g/mol. The van der Waals surface area contributed by atoms with Crippen molar-refractivity contribution in [3.63, 3.8) is 0 Å². The maximum atomic E-state index is 6.23. The number of furan rings is 1. The SMILES string of the molecule is c1cnc(N[C@@H]2CO[C@]3(CCCN(Cc4ccco4)C3)C2)nc1. The Labute approximate surface area is 135 Å². The van der Waals surface area contributed by atoms with E-state index in [0.717, 1.165) is 44.7 Å². The molecule has 23 heavy (non-hydrogen) atoms. The molecule has 6 nitrogen and oxygen atoms in total. The number of ether oxygens (including phenoxy) is 1. The molecule has 0 aromatic carbocycles. The summed E-state index contributed by atoms with van der Waals surface area (Å²) in [6.45, 7) is 3.64. The van der Waals surface area contributed by atoms with Gasteiger partial charge in [-0.15, -0.1) is 0 Å². The Balaban J connectivity index is 1.37. The number of aromatic nitrogens is 2. The van der Waals surface area contributed by atoms with Crippen molar-refractivity contribution >= 4 is 5.95 Å². The largest absolute Gasteiger partial charge is 0.468 e. The normalized spacial score (nSPS) is 28.3. The topological polar surface area (TPSA) is 63.4 Å². The summed E-state index contributed by atoms with van der Waals surface area (Å²) in [5, 5.41) is 3.39. The average molecular weight is 314 g/mol. The number of hydrogen-bond donors (Lipinski definition) is 1. The van der Waals surface area contributed by atoms with E-state index < -0.39 is 0 Å². The van der Waals surface area contributed by atoms with Gasteiger partial charge >= 0.3 is 0 Å². The fourth-order valence-electron chi connectivity index (χ4n) is 3.73. The number of hydrogen-bond acceptors (Lipinski definition) is 6. The van der Waals surface area contributed by atoms with Gasteiger partial charge in [0.25, 0.3) is 0 Å². The highest BCUT2D eigenvalue weighted by molar-refractivity contribution is 5.25. The number of likely N-dealkylation sites (tertiary alicyclic amines) is 1. The molecule has 4 heterocycles. The molecule has 2 aliphatic heterocycles. The lowest BCUT2D eigenvalue weighted by Gasteiger charge is -2.39. The second kappa shape index (κ2) is 6.29. The predicted octanol–water partition coefficient (Wildman–Crippen LogP) is 2.31. The number of rotatable bonds is 4. The minimum atomic E-state index is -0.0444. The van der Waals surface area contributed by atoms with Gasteiger partial charge in [0.2, 0.25) is 5.95 Å². The van der Waals surface area contributed by atoms with Crippen LogP contribution in [0.2, 0.25) is 0 Å². The van der Waals surface area contributed by atoms with E-state index >= 15 is 0 Å². The van der Waals surface area contributed by atoms with Crippen LogP contribution in [-0.4, -0.2) is 46.2 Å². The van der Waals surface area contributed by atoms with E-state index in [1.54, 1.807) is 18.7 Å². The van der Waals surface area contributed by atoms with Crippen LogP contribution in [0.1, 0.15) is 25.0 Å². The fraction of sp³-hybridized carbons (Fsp3) is 0.529. The lowest BCUT2D eigenvalue weighted by molar-refractivity contribution is -0.0544. The highest BCUT2D eigenvalue weighted by Gasteiger charge is 2.43. The van der Waals surface area contributed by atoms with Gasteiger partial charge in [-0.2, -0.15) is 0 Å². The minimum Gasteiger partial charge on any atom is -0.468 e. The molecule has 122 valence electrons. The summed E-state index contributed by atoms with van der Waals surface area (Å²) >= 11 is 0. The van der Waals surface area contributed by atoms with E-state index in [-0.39, 0.29) is 11.6 Å². The van der Waals surface area contributed by atoms with Gasteiger partial charge in [-0.25, -0.2) is 9.97 Å². The number of nitrogens with zero attached hydrogens (tertiary/aromatic N) is 3. The van der Waals surface area contributed by atoms with Crippen LogP contribution < -0.4 is 5.32 Å². The standard InChI is InChI=1S/C17H22N4O2/c1-4-15(22-9-1)11-21-8-2-5-17(13-21)10-14(12-23-17)20-16-18-6-3-7-19-16/h1,3-4,6-7,9,14H,2,5,8,10-13H2,(H,18,19,20)/t14-,17+/m0/s1. The second-order valence-corrected chi connectivity index (χ2v) is 6.51. The van der Waals surface area contributed by atoms with E-state index in [2.05, 4.69) is 20.2 Å². The molecule has 2 aliphatic rings. The molecular weight excluding hydrogens is 292 g/mol. The molecule has 2 saturated heterocycles. The zero-order valence-electron chi connectivity index (χ0n) is 13.1. The fourth-order valence-corrected chi connectivity index (χ4v) is 3.73. The Morgan fingerprint density at radius 3 is 3.04 bits per heavy atom. The summed E-state index contributed by atoms with van der Waals surface area (Å²) in [6.07, 6.45) is 8.53. The summed E-state index contributed by atoms with van der Waals surface area (Å²) in [7, 11) is 0. The van der Waals surface area contributed by atoms with Gasteiger partial charge in [0, 0.05) is 25.4 Å². The van der Waals surface area contributed by atoms with E-state index in [0.29, 0.717) is 12.6 Å². The Morgan fingerprint density at radius 1 is 1.30 bits per heavy atom. The summed E-state index contributed by atoms with van der Waals surface area (Å²) < 4.78 is 11.7. The predicted molar refractivity (Wildman–Crippen MR) is 86.0 cm³/mol. The molecule has 0 unspecified atom stereocenters. The molecule has 0 saturated carbocycles. The third-order valence-electron chi connectivity index (χ3n) is 4.69. The van der Waals surface area contributed by atoms with Gasteiger partial charge in [0.05, 0.1) is 31.1 Å². The van der Waals surface area contributed by atoms with Crippen molar-refractivity contribution < 1.29 is 9.15 Å². The molecule has 0 radical (unpaired) electrons. The van der Waals surface area contributed by atoms with Crippen LogP contribution >= 0.6 is 0 Å². The minimum absolute atomic E-state index is 0.0444.